The summed E-state index contributed by atoms with van der Waals surface area (Å²) in [6, 6.07) is 12.6. The zero-order chi connectivity index (χ0) is 65.7. The first kappa shape index (κ1) is 65.2. The fraction of sp³-hybridized carbons (Fsp3) is 0.203. The molecular weight excluding hydrogens is 1310 g/mol. The van der Waals surface area contributed by atoms with E-state index >= 15 is 0 Å². The Balaban J connectivity index is 1.06. The summed E-state index contributed by atoms with van der Waals surface area (Å²) in [5.41, 5.74) is 6.33. The van der Waals surface area contributed by atoms with Crippen LogP contribution in [0.15, 0.2) is 118 Å². The predicted molar refractivity (Wildman–Crippen MR) is 341 cm³/mol. The summed E-state index contributed by atoms with van der Waals surface area (Å²) < 4.78 is 0. The lowest BCUT2D eigenvalue weighted by Crippen LogP contribution is -2.50. The number of nitrogens with two attached hydrogens (primary N) is 1. The molecule has 33 heteroatoms. The summed E-state index contributed by atoms with van der Waals surface area (Å²) in [6.07, 6.45) is -3.42. The van der Waals surface area contributed by atoms with Crippen LogP contribution in [0, 0.1) is 12.8 Å². The van der Waals surface area contributed by atoms with Crippen LogP contribution in [0.4, 0.5) is 0 Å². The number of aliphatic hydroxyl groups is 3. The van der Waals surface area contributed by atoms with Crippen molar-refractivity contribution in [3.05, 3.63) is 172 Å². The van der Waals surface area contributed by atoms with Crippen molar-refractivity contribution < 1.29 is 63.9 Å². The van der Waals surface area contributed by atoms with Gasteiger partial charge in [-0.1, -0.05) is 62.5 Å². The number of aromatic nitrogens is 7. The Hall–Kier alpha value is -9.71. The third-order valence-corrected chi connectivity index (χ3v) is 19.6. The molecule has 2 aromatic carbocycles. The molecule has 10 bridgehead atoms. The van der Waals surface area contributed by atoms with Crippen LogP contribution in [0.25, 0.3) is 43.4 Å². The highest BCUT2D eigenvalue weighted by Crippen LogP contribution is 2.40. The number of pyridine rings is 1. The molecule has 7 atom stereocenters. The maximum absolute atomic E-state index is 14.8. The van der Waals surface area contributed by atoms with Crippen LogP contribution in [-0.2, 0) is 25.6 Å². The van der Waals surface area contributed by atoms with Crippen LogP contribution in [0.2, 0.25) is 0 Å². The van der Waals surface area contributed by atoms with Gasteiger partial charge >= 0.3 is 5.97 Å². The van der Waals surface area contributed by atoms with E-state index in [1.54, 1.807) is 79.2 Å². The number of rotatable bonds is 15. The minimum absolute atomic E-state index is 0.0523. The van der Waals surface area contributed by atoms with E-state index < -0.39 is 114 Å². The average Bonchev–Trinajstić information content (AvgIpc) is 1.61. The molecule has 8 heterocycles. The monoisotopic (exact) mass is 1360 g/mol. The molecule has 7 unspecified atom stereocenters. The maximum atomic E-state index is 14.8. The first-order valence-electron chi connectivity index (χ1n) is 27.3. The van der Waals surface area contributed by atoms with Crippen LogP contribution in [-0.4, -0.2) is 126 Å². The van der Waals surface area contributed by atoms with Gasteiger partial charge in [-0.05, 0) is 42.3 Å². The number of aryl methyl sites for hydroxylation is 1. The number of carboxylic acid groups (broad SMARTS) is 1. The average molecular weight is 1360 g/mol. The van der Waals surface area contributed by atoms with E-state index in [1.807, 2.05) is 5.32 Å². The molecule has 0 spiro atoms. The molecule has 1 aliphatic rings. The van der Waals surface area contributed by atoms with Gasteiger partial charge in [0, 0.05) is 49.7 Å². The largest absolute Gasteiger partial charge is 0.508 e. The molecule has 1 aliphatic heterocycles. The molecule has 13 N–H and O–H groups in total. The molecule has 27 nitrogen and oxygen atoms in total. The van der Waals surface area contributed by atoms with Crippen LogP contribution >= 0.6 is 68.0 Å². The Morgan fingerprint density at radius 1 is 0.630 bits per heavy atom. The summed E-state index contributed by atoms with van der Waals surface area (Å²) in [5, 5.41) is 77.2. The second-order valence-electron chi connectivity index (χ2n) is 20.5. The number of carbonyl (C=O) groups excluding carboxylic acids is 7. The van der Waals surface area contributed by atoms with E-state index in [2.05, 4.69) is 54.7 Å². The first-order chi connectivity index (χ1) is 44.0. The van der Waals surface area contributed by atoms with E-state index in [-0.39, 0.29) is 77.1 Å². The number of nitrogens with one attached hydrogen (secondary N) is 6. The molecule has 0 radical (unpaired) electrons. The van der Waals surface area contributed by atoms with Crippen molar-refractivity contribution >= 4 is 115 Å². The molecule has 0 saturated carbocycles. The van der Waals surface area contributed by atoms with Crippen LogP contribution in [0.1, 0.15) is 111 Å². The second kappa shape index (κ2) is 28.2. The minimum Gasteiger partial charge on any atom is -0.508 e. The maximum Gasteiger partial charge on any atom is 0.351 e. The van der Waals surface area contributed by atoms with Crippen molar-refractivity contribution in [1.82, 2.24) is 66.8 Å². The lowest BCUT2D eigenvalue weighted by molar-refractivity contribution is -0.134. The topological polar surface area (TPSA) is 426 Å². The first-order valence-corrected chi connectivity index (χ1v) is 32.6. The molecular formula is C59H52N14O13S6. The Bertz CT molecular complexity index is 4350. The molecule has 7 aromatic heterocycles. The number of hydrogen-bond donors (Lipinski definition) is 12. The standard InChI is InChI=1S/C59H52N14O13S6/c1-24(40(76)18-74)42-57-70-39(23-91-57)55-66-35(19-88-55)44-31(14-15-32(63-44)54-68-36(21-89-54)49(81)61-25(2)47(79)62-26(3)59(85)86)53-67-37(20-87-53)51(83)65-34(17-41(60)77)56-73-43(27(4)92-56)52(84)72-45(46(78)29-8-6-5-7-9-29)58-69-38(22-90-58)50(82)64-33(48(80)71-42)16-28-10-12-30(75)13-11-28/h5-15,19-24,33-34,40,42,45-46,74-76,78H,2-3,16-18H2,1,4H3,(H2,60,77)(H,61,81)(H,62,79)(H,64,82)(H,65,83)(H,71,80)(H,72,84)(H,85,86). The van der Waals surface area contributed by atoms with Crippen molar-refractivity contribution in [2.24, 2.45) is 11.7 Å². The number of amides is 7. The predicted octanol–water partition coefficient (Wildman–Crippen LogP) is 5.51. The van der Waals surface area contributed by atoms with Crippen molar-refractivity contribution in [2.45, 2.75) is 63.1 Å². The SMILES string of the molecule is C=C(NC(=O)C(=C)NC(=O)c1csc(-c2ccc3c(n2)-c2csc(n2)-c2csc(n2)C(C(C)C(O)CO)NC(=O)C(Cc2ccc(O)cc2)NC(=O)c2csc(n2)C(C(O)c2ccccc2)NC(=O)c2nc(sc2C)C(CC(N)=O)NC(=O)c2csc-3n2)n1)C(=O)O. The number of hydrogen-bond acceptors (Lipinski definition) is 25. The number of carbonyl (C=O) groups is 8. The Morgan fingerprint density at radius 2 is 1.25 bits per heavy atom. The van der Waals surface area contributed by atoms with E-state index in [9.17, 15) is 58.8 Å². The van der Waals surface area contributed by atoms with Crippen LogP contribution in [0.3, 0.4) is 0 Å². The van der Waals surface area contributed by atoms with Gasteiger partial charge in [0.15, 0.2) is 0 Å². The highest BCUT2D eigenvalue weighted by molar-refractivity contribution is 7.15. The van der Waals surface area contributed by atoms with Gasteiger partial charge in [-0.2, -0.15) is 0 Å². The quantitative estimate of drug-likeness (QED) is 0.0563. The van der Waals surface area contributed by atoms with E-state index in [1.165, 1.54) is 28.3 Å². The van der Waals surface area contributed by atoms with E-state index in [0.717, 1.165) is 68.0 Å². The number of carboxylic acids is 1. The smallest absolute Gasteiger partial charge is 0.351 e. The summed E-state index contributed by atoms with van der Waals surface area (Å²) in [4.78, 5) is 141. The van der Waals surface area contributed by atoms with Gasteiger partial charge in [-0.15, -0.1) is 68.0 Å². The molecule has 0 saturated heterocycles. The molecule has 92 heavy (non-hydrogen) atoms. The summed E-state index contributed by atoms with van der Waals surface area (Å²) in [6.45, 7) is 9.24. The van der Waals surface area contributed by atoms with Crippen molar-refractivity contribution in [2.75, 3.05) is 6.61 Å². The van der Waals surface area contributed by atoms with Gasteiger partial charge in [0.05, 0.1) is 42.6 Å². The molecule has 0 fully saturated rings. The number of nitrogens with zero attached hydrogens (tertiary/aromatic N) is 7. The van der Waals surface area contributed by atoms with Gasteiger partial charge < -0.3 is 63.2 Å². The number of fused-ring (bicyclic) bond motifs is 14. The van der Waals surface area contributed by atoms with Gasteiger partial charge in [-0.3, -0.25) is 33.6 Å². The molecule has 9 aromatic rings. The zero-order valence-electron chi connectivity index (χ0n) is 48.0. The highest BCUT2D eigenvalue weighted by atomic mass is 32.1. The number of aliphatic hydroxyl groups excluding tert-OH is 3. The van der Waals surface area contributed by atoms with Crippen molar-refractivity contribution in [3.63, 3.8) is 0 Å². The number of primary amides is 1. The molecule has 472 valence electrons. The highest BCUT2D eigenvalue weighted by Gasteiger charge is 2.36. The van der Waals surface area contributed by atoms with Crippen LogP contribution < -0.4 is 37.6 Å². The molecule has 7 amide bonds. The van der Waals surface area contributed by atoms with E-state index in [0.29, 0.717) is 32.3 Å². The molecule has 0 aliphatic carbocycles. The number of thiazole rings is 6. The van der Waals surface area contributed by atoms with E-state index in [4.69, 9.17) is 30.8 Å². The number of aromatic hydroxyl groups is 1. The zero-order valence-corrected chi connectivity index (χ0v) is 52.9. The lowest BCUT2D eigenvalue weighted by atomic mass is 9.95. The molecule has 10 rings (SSSR count). The third-order valence-electron chi connectivity index (χ3n) is 14.0. The number of phenols is 1. The number of phenolic OH excluding ortho intramolecular Hbond substituents is 1. The fourth-order valence-corrected chi connectivity index (χ4v) is 14.4. The minimum atomic E-state index is -1.50. The summed E-state index contributed by atoms with van der Waals surface area (Å²) >= 11 is 6.29. The third kappa shape index (κ3) is 14.9. The number of benzene rings is 2. The Kier molecular flexibility index (Phi) is 20.0. The lowest BCUT2D eigenvalue weighted by Gasteiger charge is -2.28. The normalized spacial score (nSPS) is 17.1. The fourth-order valence-electron chi connectivity index (χ4n) is 9.14. The van der Waals surface area contributed by atoms with Crippen molar-refractivity contribution in [3.8, 4) is 49.1 Å². The summed E-state index contributed by atoms with van der Waals surface area (Å²) in [7, 11) is 0. The Labute approximate surface area is 545 Å². The van der Waals surface area contributed by atoms with Gasteiger partial charge in [0.2, 0.25) is 11.8 Å². The van der Waals surface area contributed by atoms with Gasteiger partial charge in [0.1, 0.15) is 99.5 Å². The van der Waals surface area contributed by atoms with Crippen LogP contribution in [0.5, 0.6) is 5.75 Å². The van der Waals surface area contributed by atoms with Crippen molar-refractivity contribution in [1.29, 1.82) is 0 Å². The second-order valence-corrected chi connectivity index (χ2v) is 26.1. The van der Waals surface area contributed by atoms with Gasteiger partial charge in [-0.25, -0.2) is 39.7 Å². The van der Waals surface area contributed by atoms with Gasteiger partial charge in [0.25, 0.3) is 29.5 Å². The summed E-state index contributed by atoms with van der Waals surface area (Å²) in [5.74, 6) is -8.27. The number of aliphatic carboxylic acids is 1. The Morgan fingerprint density at radius 3 is 1.96 bits per heavy atom.